The third-order valence-electron chi connectivity index (χ3n) is 1.70. The maximum atomic E-state index is 11.2. The van der Waals surface area contributed by atoms with Crippen LogP contribution in [0.4, 0.5) is 0 Å². The SMILES string of the molecule is CCNCC(C)C(=O)COCC. The average Bonchev–Trinajstić information content (AvgIpc) is 2.10. The Hall–Kier alpha value is -0.410. The van der Waals surface area contributed by atoms with Gasteiger partial charge in [-0.2, -0.15) is 0 Å². The van der Waals surface area contributed by atoms with Crippen LogP contribution in [0.1, 0.15) is 20.8 Å². The molecule has 1 N–H and O–H groups in total. The Morgan fingerprint density at radius 1 is 1.50 bits per heavy atom. The first-order valence-electron chi connectivity index (χ1n) is 4.53. The van der Waals surface area contributed by atoms with E-state index in [9.17, 15) is 4.79 Å². The van der Waals surface area contributed by atoms with Crippen LogP contribution >= 0.6 is 0 Å². The van der Waals surface area contributed by atoms with E-state index in [0.717, 1.165) is 13.1 Å². The summed E-state index contributed by atoms with van der Waals surface area (Å²) in [7, 11) is 0. The summed E-state index contributed by atoms with van der Waals surface area (Å²) in [6.45, 7) is 8.36. The number of ether oxygens (including phenoxy) is 1. The predicted molar refractivity (Wildman–Crippen MR) is 49.2 cm³/mol. The number of rotatable bonds is 7. The zero-order valence-corrected chi connectivity index (χ0v) is 8.22. The lowest BCUT2D eigenvalue weighted by molar-refractivity contribution is -0.126. The van der Waals surface area contributed by atoms with Crippen molar-refractivity contribution in [2.45, 2.75) is 20.8 Å². The van der Waals surface area contributed by atoms with Crippen molar-refractivity contribution in [1.29, 1.82) is 0 Å². The highest BCUT2D eigenvalue weighted by molar-refractivity contribution is 5.82. The molecule has 0 spiro atoms. The lowest BCUT2D eigenvalue weighted by Gasteiger charge is -2.09. The maximum Gasteiger partial charge on any atom is 0.162 e. The van der Waals surface area contributed by atoms with Crippen LogP contribution in [-0.4, -0.2) is 32.1 Å². The molecule has 3 nitrogen and oxygen atoms in total. The molecule has 0 radical (unpaired) electrons. The Labute approximate surface area is 74.5 Å². The quantitative estimate of drug-likeness (QED) is 0.620. The van der Waals surface area contributed by atoms with Gasteiger partial charge in [0.2, 0.25) is 0 Å². The summed E-state index contributed by atoms with van der Waals surface area (Å²) < 4.78 is 5.02. The highest BCUT2D eigenvalue weighted by Crippen LogP contribution is 1.95. The Balaban J connectivity index is 3.47. The van der Waals surface area contributed by atoms with Crippen molar-refractivity contribution in [1.82, 2.24) is 5.32 Å². The molecule has 0 aromatic carbocycles. The Morgan fingerprint density at radius 3 is 2.67 bits per heavy atom. The smallest absolute Gasteiger partial charge is 0.162 e. The van der Waals surface area contributed by atoms with Gasteiger partial charge in [-0.15, -0.1) is 0 Å². The van der Waals surface area contributed by atoms with Crippen molar-refractivity contribution < 1.29 is 9.53 Å². The minimum Gasteiger partial charge on any atom is -0.374 e. The van der Waals surface area contributed by atoms with Crippen molar-refractivity contribution in [3.63, 3.8) is 0 Å². The van der Waals surface area contributed by atoms with E-state index >= 15 is 0 Å². The maximum absolute atomic E-state index is 11.2. The normalized spacial score (nSPS) is 12.9. The topological polar surface area (TPSA) is 38.3 Å². The largest absolute Gasteiger partial charge is 0.374 e. The van der Waals surface area contributed by atoms with Crippen LogP contribution in [0, 0.1) is 5.92 Å². The molecule has 0 aliphatic rings. The van der Waals surface area contributed by atoms with Gasteiger partial charge < -0.3 is 10.1 Å². The summed E-state index contributed by atoms with van der Waals surface area (Å²) in [5.74, 6) is 0.245. The molecule has 0 saturated heterocycles. The number of ketones is 1. The number of hydrogen-bond acceptors (Lipinski definition) is 3. The van der Waals surface area contributed by atoms with E-state index in [2.05, 4.69) is 5.32 Å². The summed E-state index contributed by atoms with van der Waals surface area (Å²) in [5.41, 5.74) is 0. The summed E-state index contributed by atoms with van der Waals surface area (Å²) in [5, 5.41) is 3.13. The predicted octanol–water partition coefficient (Wildman–Crippen LogP) is 0.838. The van der Waals surface area contributed by atoms with Gasteiger partial charge in [-0.25, -0.2) is 0 Å². The standard InChI is InChI=1S/C9H19NO2/c1-4-10-6-8(3)9(11)7-12-5-2/h8,10H,4-7H2,1-3H3. The van der Waals surface area contributed by atoms with Crippen LogP contribution in [0.25, 0.3) is 0 Å². The van der Waals surface area contributed by atoms with Crippen LogP contribution in [0.5, 0.6) is 0 Å². The minimum absolute atomic E-state index is 0.0662. The van der Waals surface area contributed by atoms with Gasteiger partial charge in [-0.3, -0.25) is 4.79 Å². The van der Waals surface area contributed by atoms with Crippen molar-refractivity contribution in [2.24, 2.45) is 5.92 Å². The second kappa shape index (κ2) is 7.25. The summed E-state index contributed by atoms with van der Waals surface area (Å²) in [6, 6.07) is 0. The van der Waals surface area contributed by atoms with Gasteiger partial charge in [0.25, 0.3) is 0 Å². The first-order valence-corrected chi connectivity index (χ1v) is 4.53. The molecule has 0 rings (SSSR count). The van der Waals surface area contributed by atoms with E-state index in [0.29, 0.717) is 6.61 Å². The van der Waals surface area contributed by atoms with E-state index in [4.69, 9.17) is 4.74 Å². The number of hydrogen-bond donors (Lipinski definition) is 1. The van der Waals surface area contributed by atoms with Crippen molar-refractivity contribution in [3.05, 3.63) is 0 Å². The summed E-state index contributed by atoms with van der Waals surface area (Å²) in [6.07, 6.45) is 0. The molecular weight excluding hydrogens is 154 g/mol. The highest BCUT2D eigenvalue weighted by Gasteiger charge is 2.11. The van der Waals surface area contributed by atoms with Crippen molar-refractivity contribution >= 4 is 5.78 Å². The van der Waals surface area contributed by atoms with Gasteiger partial charge in [0.1, 0.15) is 6.61 Å². The molecule has 0 aromatic heterocycles. The van der Waals surface area contributed by atoms with Crippen LogP contribution < -0.4 is 5.32 Å². The molecule has 0 amide bonds. The molecule has 1 atom stereocenters. The Bertz CT molecular complexity index is 126. The molecule has 0 bridgehead atoms. The third kappa shape index (κ3) is 5.27. The monoisotopic (exact) mass is 173 g/mol. The first-order chi connectivity index (χ1) is 5.72. The highest BCUT2D eigenvalue weighted by atomic mass is 16.5. The molecule has 0 aliphatic heterocycles. The van der Waals surface area contributed by atoms with Crippen molar-refractivity contribution in [2.75, 3.05) is 26.3 Å². The molecule has 1 unspecified atom stereocenters. The third-order valence-corrected chi connectivity index (χ3v) is 1.70. The molecular formula is C9H19NO2. The number of carbonyl (C=O) groups is 1. The zero-order chi connectivity index (χ0) is 9.40. The minimum atomic E-state index is 0.0662. The van der Waals surface area contributed by atoms with Gasteiger partial charge >= 0.3 is 0 Å². The number of Topliss-reactive ketones (excluding diaryl/α,β-unsaturated/α-hetero) is 1. The molecule has 3 heteroatoms. The first kappa shape index (κ1) is 11.6. The molecule has 0 aliphatic carbocycles. The fourth-order valence-corrected chi connectivity index (χ4v) is 0.820. The van der Waals surface area contributed by atoms with Gasteiger partial charge in [-0.05, 0) is 13.5 Å². The van der Waals surface area contributed by atoms with E-state index in [1.54, 1.807) is 0 Å². The second-order valence-corrected chi connectivity index (χ2v) is 2.81. The van der Waals surface area contributed by atoms with E-state index in [1.807, 2.05) is 20.8 Å². The molecule has 12 heavy (non-hydrogen) atoms. The number of carbonyl (C=O) groups excluding carboxylic acids is 1. The van der Waals surface area contributed by atoms with Gasteiger partial charge in [0, 0.05) is 19.1 Å². The Kier molecular flexibility index (Phi) is 7.00. The van der Waals surface area contributed by atoms with E-state index in [-0.39, 0.29) is 18.3 Å². The van der Waals surface area contributed by atoms with Crippen LogP contribution in [-0.2, 0) is 9.53 Å². The zero-order valence-electron chi connectivity index (χ0n) is 8.22. The van der Waals surface area contributed by atoms with Crippen LogP contribution in [0.2, 0.25) is 0 Å². The van der Waals surface area contributed by atoms with Gasteiger partial charge in [-0.1, -0.05) is 13.8 Å². The Morgan fingerprint density at radius 2 is 2.17 bits per heavy atom. The summed E-state index contributed by atoms with van der Waals surface area (Å²) >= 11 is 0. The average molecular weight is 173 g/mol. The van der Waals surface area contributed by atoms with E-state index < -0.39 is 0 Å². The lowest BCUT2D eigenvalue weighted by Crippen LogP contribution is -2.28. The molecule has 72 valence electrons. The molecule has 0 aromatic rings. The summed E-state index contributed by atoms with van der Waals surface area (Å²) in [4.78, 5) is 11.2. The van der Waals surface area contributed by atoms with Crippen LogP contribution in [0.3, 0.4) is 0 Å². The fourth-order valence-electron chi connectivity index (χ4n) is 0.820. The lowest BCUT2D eigenvalue weighted by atomic mass is 10.1. The fraction of sp³-hybridized carbons (Fsp3) is 0.889. The van der Waals surface area contributed by atoms with E-state index in [1.165, 1.54) is 0 Å². The number of nitrogens with one attached hydrogen (secondary N) is 1. The molecule has 0 fully saturated rings. The molecule has 0 heterocycles. The van der Waals surface area contributed by atoms with Gasteiger partial charge in [0.05, 0.1) is 0 Å². The van der Waals surface area contributed by atoms with Gasteiger partial charge in [0.15, 0.2) is 5.78 Å². The molecule has 0 saturated carbocycles. The van der Waals surface area contributed by atoms with Crippen molar-refractivity contribution in [3.8, 4) is 0 Å². The second-order valence-electron chi connectivity index (χ2n) is 2.81. The van der Waals surface area contributed by atoms with Crippen LogP contribution in [0.15, 0.2) is 0 Å².